The van der Waals surface area contributed by atoms with E-state index in [1.54, 1.807) is 17.1 Å². The Balaban J connectivity index is 1.71. The first-order valence-corrected chi connectivity index (χ1v) is 6.46. The van der Waals surface area contributed by atoms with E-state index in [0.717, 1.165) is 19.5 Å². The van der Waals surface area contributed by atoms with Gasteiger partial charge in [0, 0.05) is 25.8 Å². The number of urea groups is 1. The number of carbonyl (C=O) groups is 1. The smallest absolute Gasteiger partial charge is 0.317 e. The maximum Gasteiger partial charge on any atom is 0.317 e. The zero-order valence-corrected chi connectivity index (χ0v) is 10.8. The molecule has 1 fully saturated rings. The van der Waals surface area contributed by atoms with Gasteiger partial charge < -0.3 is 16.0 Å². The predicted molar refractivity (Wildman–Crippen MR) is 70.0 cm³/mol. The van der Waals surface area contributed by atoms with Crippen LogP contribution in [0.15, 0.2) is 12.4 Å². The molecular formula is C12H21N5O. The van der Waals surface area contributed by atoms with Crippen LogP contribution in [0.5, 0.6) is 0 Å². The quantitative estimate of drug-likeness (QED) is 0.838. The van der Waals surface area contributed by atoms with Gasteiger partial charge in [-0.25, -0.2) is 4.79 Å². The third kappa shape index (κ3) is 3.38. The molecule has 0 radical (unpaired) electrons. The summed E-state index contributed by atoms with van der Waals surface area (Å²) in [6.07, 6.45) is 5.68. The zero-order valence-electron chi connectivity index (χ0n) is 10.8. The van der Waals surface area contributed by atoms with E-state index in [2.05, 4.69) is 17.3 Å². The van der Waals surface area contributed by atoms with Gasteiger partial charge in [0.2, 0.25) is 0 Å². The second-order valence-corrected chi connectivity index (χ2v) is 4.96. The van der Waals surface area contributed by atoms with E-state index in [4.69, 9.17) is 5.73 Å². The van der Waals surface area contributed by atoms with Crippen molar-refractivity contribution in [3.05, 3.63) is 12.4 Å². The highest BCUT2D eigenvalue weighted by molar-refractivity contribution is 5.74. The highest BCUT2D eigenvalue weighted by Crippen LogP contribution is 2.15. The van der Waals surface area contributed by atoms with Crippen LogP contribution in [0.4, 0.5) is 10.5 Å². The molecule has 1 aliphatic heterocycles. The van der Waals surface area contributed by atoms with Gasteiger partial charge in [-0.1, -0.05) is 6.92 Å². The number of nitrogen functional groups attached to an aromatic ring is 1. The number of amides is 2. The molecule has 100 valence electrons. The third-order valence-corrected chi connectivity index (χ3v) is 3.21. The number of piperidine rings is 1. The Bertz CT molecular complexity index is 403. The summed E-state index contributed by atoms with van der Waals surface area (Å²) < 4.78 is 1.73. The zero-order chi connectivity index (χ0) is 13.0. The fourth-order valence-corrected chi connectivity index (χ4v) is 2.26. The van der Waals surface area contributed by atoms with Crippen molar-refractivity contribution in [2.45, 2.75) is 26.3 Å². The SMILES string of the molecule is CC1CCCN(C(=O)NCCn2cc(N)cn2)C1. The van der Waals surface area contributed by atoms with Crippen molar-refractivity contribution in [1.82, 2.24) is 20.0 Å². The predicted octanol–water partition coefficient (Wildman–Crippen LogP) is 0.907. The average molecular weight is 251 g/mol. The largest absolute Gasteiger partial charge is 0.396 e. The molecule has 0 saturated carbocycles. The topological polar surface area (TPSA) is 76.2 Å². The second-order valence-electron chi connectivity index (χ2n) is 4.96. The van der Waals surface area contributed by atoms with Crippen molar-refractivity contribution >= 4 is 11.7 Å². The lowest BCUT2D eigenvalue weighted by molar-refractivity contribution is 0.169. The van der Waals surface area contributed by atoms with Crippen LogP contribution in [-0.2, 0) is 6.54 Å². The van der Waals surface area contributed by atoms with E-state index in [1.165, 1.54) is 6.42 Å². The van der Waals surface area contributed by atoms with Gasteiger partial charge in [-0.05, 0) is 18.8 Å². The molecule has 1 aromatic heterocycles. The number of rotatable bonds is 3. The van der Waals surface area contributed by atoms with E-state index >= 15 is 0 Å². The first kappa shape index (κ1) is 12.7. The van der Waals surface area contributed by atoms with Crippen LogP contribution in [0.1, 0.15) is 19.8 Å². The first-order chi connectivity index (χ1) is 8.65. The Kier molecular flexibility index (Phi) is 4.07. The van der Waals surface area contributed by atoms with Gasteiger partial charge in [-0.2, -0.15) is 5.10 Å². The van der Waals surface area contributed by atoms with E-state index in [1.807, 2.05) is 4.90 Å². The molecule has 1 aromatic rings. The van der Waals surface area contributed by atoms with Crippen LogP contribution < -0.4 is 11.1 Å². The van der Waals surface area contributed by atoms with Gasteiger partial charge in [0.1, 0.15) is 0 Å². The fraction of sp³-hybridized carbons (Fsp3) is 0.667. The molecule has 1 aliphatic rings. The summed E-state index contributed by atoms with van der Waals surface area (Å²) in [5.41, 5.74) is 6.21. The van der Waals surface area contributed by atoms with E-state index < -0.39 is 0 Å². The lowest BCUT2D eigenvalue weighted by atomic mass is 10.0. The molecule has 2 heterocycles. The Hall–Kier alpha value is -1.72. The van der Waals surface area contributed by atoms with Gasteiger partial charge in [0.15, 0.2) is 0 Å². The number of likely N-dealkylation sites (tertiary alicyclic amines) is 1. The molecule has 0 spiro atoms. The van der Waals surface area contributed by atoms with Crippen LogP contribution in [0.3, 0.4) is 0 Å². The number of aromatic nitrogens is 2. The van der Waals surface area contributed by atoms with Crippen molar-refractivity contribution in [3.63, 3.8) is 0 Å². The molecule has 1 unspecified atom stereocenters. The van der Waals surface area contributed by atoms with E-state index in [9.17, 15) is 4.79 Å². The lowest BCUT2D eigenvalue weighted by Gasteiger charge is -2.30. The summed E-state index contributed by atoms with van der Waals surface area (Å²) in [6, 6.07) is 0.0293. The Morgan fingerprint density at radius 2 is 2.50 bits per heavy atom. The van der Waals surface area contributed by atoms with Crippen molar-refractivity contribution < 1.29 is 4.79 Å². The van der Waals surface area contributed by atoms with Crippen LogP contribution in [0, 0.1) is 5.92 Å². The van der Waals surface area contributed by atoms with Crippen LogP contribution >= 0.6 is 0 Å². The van der Waals surface area contributed by atoms with Crippen molar-refractivity contribution in [2.24, 2.45) is 5.92 Å². The number of carbonyl (C=O) groups excluding carboxylic acids is 1. The van der Waals surface area contributed by atoms with Crippen molar-refractivity contribution in [1.29, 1.82) is 0 Å². The van der Waals surface area contributed by atoms with Gasteiger partial charge >= 0.3 is 6.03 Å². The molecule has 6 heteroatoms. The van der Waals surface area contributed by atoms with E-state index in [-0.39, 0.29) is 6.03 Å². The number of nitrogens with one attached hydrogen (secondary N) is 1. The van der Waals surface area contributed by atoms with E-state index in [0.29, 0.717) is 24.7 Å². The number of hydrogen-bond acceptors (Lipinski definition) is 3. The van der Waals surface area contributed by atoms with Crippen LogP contribution in [0.2, 0.25) is 0 Å². The molecule has 18 heavy (non-hydrogen) atoms. The fourth-order valence-electron chi connectivity index (χ4n) is 2.26. The van der Waals surface area contributed by atoms with Gasteiger partial charge in [-0.15, -0.1) is 0 Å². The monoisotopic (exact) mass is 251 g/mol. The molecular weight excluding hydrogens is 230 g/mol. The van der Waals surface area contributed by atoms with Crippen LogP contribution in [-0.4, -0.2) is 40.3 Å². The number of nitrogens with zero attached hydrogens (tertiary/aromatic N) is 3. The number of nitrogens with two attached hydrogens (primary N) is 1. The van der Waals surface area contributed by atoms with Crippen molar-refractivity contribution in [2.75, 3.05) is 25.4 Å². The number of hydrogen-bond donors (Lipinski definition) is 2. The molecule has 0 aliphatic carbocycles. The molecule has 3 N–H and O–H groups in total. The minimum Gasteiger partial charge on any atom is -0.396 e. The minimum absolute atomic E-state index is 0.0293. The molecule has 0 aromatic carbocycles. The summed E-state index contributed by atoms with van der Waals surface area (Å²) in [5.74, 6) is 0.607. The first-order valence-electron chi connectivity index (χ1n) is 6.46. The lowest BCUT2D eigenvalue weighted by Crippen LogP contribution is -2.45. The summed E-state index contributed by atoms with van der Waals surface area (Å²) in [7, 11) is 0. The molecule has 2 rings (SSSR count). The maximum absolute atomic E-state index is 11.9. The summed E-state index contributed by atoms with van der Waals surface area (Å²) >= 11 is 0. The van der Waals surface area contributed by atoms with Gasteiger partial charge in [0.25, 0.3) is 0 Å². The summed E-state index contributed by atoms with van der Waals surface area (Å²) in [4.78, 5) is 13.8. The molecule has 6 nitrogen and oxygen atoms in total. The Labute approximate surface area is 107 Å². The second kappa shape index (κ2) is 5.75. The highest BCUT2D eigenvalue weighted by Gasteiger charge is 2.20. The maximum atomic E-state index is 11.9. The Morgan fingerprint density at radius 3 is 3.17 bits per heavy atom. The molecule has 0 bridgehead atoms. The van der Waals surface area contributed by atoms with Gasteiger partial charge in [0.05, 0.1) is 18.4 Å². The average Bonchev–Trinajstić information content (AvgIpc) is 2.75. The standard InChI is InChI=1S/C12H21N5O/c1-10-3-2-5-16(8-10)12(18)14-4-6-17-9-11(13)7-15-17/h7,9-10H,2-6,8,13H2,1H3,(H,14,18). The minimum atomic E-state index is 0.0293. The Morgan fingerprint density at radius 1 is 1.67 bits per heavy atom. The number of anilines is 1. The normalized spacial score (nSPS) is 19.8. The third-order valence-electron chi connectivity index (χ3n) is 3.21. The highest BCUT2D eigenvalue weighted by atomic mass is 16.2. The van der Waals surface area contributed by atoms with Crippen LogP contribution in [0.25, 0.3) is 0 Å². The molecule has 2 amide bonds. The molecule has 1 saturated heterocycles. The summed E-state index contributed by atoms with van der Waals surface area (Å²) in [6.45, 7) is 5.13. The van der Waals surface area contributed by atoms with Crippen molar-refractivity contribution in [3.8, 4) is 0 Å². The van der Waals surface area contributed by atoms with Gasteiger partial charge in [-0.3, -0.25) is 4.68 Å². The summed E-state index contributed by atoms with van der Waals surface area (Å²) in [5, 5.41) is 6.98. The molecule has 1 atom stereocenters.